The number of amides is 1. The van der Waals surface area contributed by atoms with E-state index in [1.54, 1.807) is 0 Å². The Morgan fingerprint density at radius 2 is 1.92 bits per heavy atom. The third-order valence-corrected chi connectivity index (χ3v) is 6.78. The van der Waals surface area contributed by atoms with Crippen molar-refractivity contribution in [1.29, 1.82) is 0 Å². The molecule has 6 heteroatoms. The van der Waals surface area contributed by atoms with E-state index < -0.39 is 5.82 Å². The Balaban J connectivity index is 1.71. The number of thioether (sulfide) groups is 2. The van der Waals surface area contributed by atoms with Crippen molar-refractivity contribution in [2.75, 3.05) is 23.4 Å². The molecule has 0 saturated carbocycles. The van der Waals surface area contributed by atoms with Crippen molar-refractivity contribution in [3.05, 3.63) is 59.4 Å². The van der Waals surface area contributed by atoms with Crippen LogP contribution >= 0.6 is 23.5 Å². The maximum Gasteiger partial charge on any atom is 0.255 e. The molecule has 0 aromatic heterocycles. The molecule has 1 amide bonds. The smallest absolute Gasteiger partial charge is 0.255 e. The minimum atomic E-state index is -0.395. The third kappa shape index (κ3) is 4.70. The molecule has 2 aromatic carbocycles. The molecule has 1 aliphatic heterocycles. The van der Waals surface area contributed by atoms with Gasteiger partial charge in [-0.25, -0.2) is 4.39 Å². The first-order valence-corrected chi connectivity index (χ1v) is 10.3. The van der Waals surface area contributed by atoms with Crippen LogP contribution in [-0.2, 0) is 0 Å². The molecular weight excluding hydrogens is 357 g/mol. The number of ether oxygens (including phenoxy) is 1. The van der Waals surface area contributed by atoms with E-state index in [1.807, 2.05) is 54.7 Å². The van der Waals surface area contributed by atoms with Crippen LogP contribution in [0.15, 0.2) is 42.5 Å². The number of halogens is 1. The lowest BCUT2D eigenvalue weighted by molar-refractivity contribution is 0.102. The molecule has 0 spiro atoms. The summed E-state index contributed by atoms with van der Waals surface area (Å²) >= 11 is 3.90. The first-order valence-electron chi connectivity index (χ1n) is 8.24. The quantitative estimate of drug-likeness (QED) is 0.763. The molecule has 0 atom stereocenters. The van der Waals surface area contributed by atoms with Crippen molar-refractivity contribution >= 4 is 35.1 Å². The SMILES string of the molecule is CCOc1cc(F)ccc1NC(=O)c1ccc(C2SCCCS2)cc1. The van der Waals surface area contributed by atoms with Crippen molar-refractivity contribution in [2.45, 2.75) is 17.9 Å². The number of carbonyl (C=O) groups is 1. The Bertz CT molecular complexity index is 731. The van der Waals surface area contributed by atoms with Gasteiger partial charge in [-0.3, -0.25) is 4.79 Å². The minimum Gasteiger partial charge on any atom is -0.492 e. The highest BCUT2D eigenvalue weighted by atomic mass is 32.2. The van der Waals surface area contributed by atoms with Crippen LogP contribution < -0.4 is 10.1 Å². The average Bonchev–Trinajstić information content (AvgIpc) is 2.65. The van der Waals surface area contributed by atoms with Crippen molar-refractivity contribution < 1.29 is 13.9 Å². The first kappa shape index (κ1) is 18.1. The lowest BCUT2D eigenvalue weighted by Gasteiger charge is -2.21. The molecule has 2 aromatic rings. The molecule has 0 radical (unpaired) electrons. The van der Waals surface area contributed by atoms with Crippen molar-refractivity contribution in [1.82, 2.24) is 0 Å². The summed E-state index contributed by atoms with van der Waals surface area (Å²) < 4.78 is 19.2. The van der Waals surface area contributed by atoms with Crippen LogP contribution in [0, 0.1) is 5.82 Å². The van der Waals surface area contributed by atoms with Gasteiger partial charge in [0.2, 0.25) is 0 Å². The molecule has 1 saturated heterocycles. The number of hydrogen-bond donors (Lipinski definition) is 1. The predicted molar refractivity (Wildman–Crippen MR) is 104 cm³/mol. The fraction of sp³-hybridized carbons (Fsp3) is 0.316. The van der Waals surface area contributed by atoms with Crippen LogP contribution in [0.5, 0.6) is 5.75 Å². The van der Waals surface area contributed by atoms with Gasteiger partial charge in [0, 0.05) is 11.6 Å². The summed E-state index contributed by atoms with van der Waals surface area (Å²) in [5.74, 6) is 2.08. The lowest BCUT2D eigenvalue weighted by Crippen LogP contribution is -2.13. The summed E-state index contributed by atoms with van der Waals surface area (Å²) in [5, 5.41) is 2.80. The normalized spacial score (nSPS) is 15.0. The minimum absolute atomic E-state index is 0.233. The van der Waals surface area contributed by atoms with Gasteiger partial charge in [-0.15, -0.1) is 23.5 Å². The van der Waals surface area contributed by atoms with E-state index in [0.717, 1.165) is 0 Å². The first-order chi connectivity index (χ1) is 12.2. The summed E-state index contributed by atoms with van der Waals surface area (Å²) in [5.41, 5.74) is 2.28. The van der Waals surface area contributed by atoms with E-state index in [9.17, 15) is 9.18 Å². The second kappa shape index (κ2) is 8.63. The van der Waals surface area contributed by atoms with Gasteiger partial charge >= 0.3 is 0 Å². The maximum atomic E-state index is 13.4. The number of carbonyl (C=O) groups excluding carboxylic acids is 1. The van der Waals surface area contributed by atoms with Crippen LogP contribution in [0.1, 0.15) is 33.8 Å². The molecule has 1 N–H and O–H groups in total. The van der Waals surface area contributed by atoms with Crippen molar-refractivity contribution in [3.8, 4) is 5.75 Å². The zero-order valence-corrected chi connectivity index (χ0v) is 15.6. The van der Waals surface area contributed by atoms with Crippen molar-refractivity contribution in [2.24, 2.45) is 0 Å². The third-order valence-electron chi connectivity index (χ3n) is 3.76. The van der Waals surface area contributed by atoms with Gasteiger partial charge in [-0.2, -0.15) is 0 Å². The second-order valence-corrected chi connectivity index (χ2v) is 8.30. The Kier molecular flexibility index (Phi) is 6.26. The molecule has 1 aliphatic rings. The summed E-state index contributed by atoms with van der Waals surface area (Å²) in [4.78, 5) is 12.5. The molecule has 132 valence electrons. The number of benzene rings is 2. The van der Waals surface area contributed by atoms with Gasteiger partial charge in [0.25, 0.3) is 5.91 Å². The highest BCUT2D eigenvalue weighted by Crippen LogP contribution is 2.43. The van der Waals surface area contributed by atoms with E-state index in [1.165, 1.54) is 41.7 Å². The largest absolute Gasteiger partial charge is 0.492 e. The molecule has 3 rings (SSSR count). The second-order valence-electron chi connectivity index (χ2n) is 5.58. The van der Waals surface area contributed by atoms with E-state index >= 15 is 0 Å². The highest BCUT2D eigenvalue weighted by molar-refractivity contribution is 8.16. The molecule has 25 heavy (non-hydrogen) atoms. The molecular formula is C19H20FNO2S2. The van der Waals surface area contributed by atoms with Crippen LogP contribution in [0.3, 0.4) is 0 Å². The summed E-state index contributed by atoms with van der Waals surface area (Å²) in [6, 6.07) is 11.8. The summed E-state index contributed by atoms with van der Waals surface area (Å²) in [7, 11) is 0. The Labute approximate surface area is 155 Å². The van der Waals surface area contributed by atoms with Crippen LogP contribution in [-0.4, -0.2) is 24.0 Å². The van der Waals surface area contributed by atoms with E-state index in [0.29, 0.717) is 28.2 Å². The number of nitrogens with one attached hydrogen (secondary N) is 1. The van der Waals surface area contributed by atoms with Crippen molar-refractivity contribution in [3.63, 3.8) is 0 Å². The van der Waals surface area contributed by atoms with E-state index in [4.69, 9.17) is 4.74 Å². The molecule has 0 aliphatic carbocycles. The fourth-order valence-electron chi connectivity index (χ4n) is 2.54. The van der Waals surface area contributed by atoms with Gasteiger partial charge in [-0.05, 0) is 54.7 Å². The Morgan fingerprint density at radius 3 is 2.60 bits per heavy atom. The Hall–Kier alpha value is -1.66. The van der Waals surface area contributed by atoms with Gasteiger partial charge in [-0.1, -0.05) is 12.1 Å². The van der Waals surface area contributed by atoms with Gasteiger partial charge in [0.1, 0.15) is 11.6 Å². The Morgan fingerprint density at radius 1 is 1.20 bits per heavy atom. The molecule has 1 heterocycles. The van der Waals surface area contributed by atoms with Gasteiger partial charge in [0.15, 0.2) is 0 Å². The molecule has 0 bridgehead atoms. The van der Waals surface area contributed by atoms with Crippen LogP contribution in [0.25, 0.3) is 0 Å². The maximum absolute atomic E-state index is 13.4. The van der Waals surface area contributed by atoms with E-state index in [-0.39, 0.29) is 5.91 Å². The zero-order valence-electron chi connectivity index (χ0n) is 14.0. The monoisotopic (exact) mass is 377 g/mol. The van der Waals surface area contributed by atoms with Gasteiger partial charge in [0.05, 0.1) is 16.9 Å². The lowest BCUT2D eigenvalue weighted by atomic mass is 10.1. The molecule has 1 fully saturated rings. The van der Waals surface area contributed by atoms with Crippen LogP contribution in [0.2, 0.25) is 0 Å². The highest BCUT2D eigenvalue weighted by Gasteiger charge is 2.17. The number of rotatable bonds is 5. The number of anilines is 1. The molecule has 3 nitrogen and oxygen atoms in total. The summed E-state index contributed by atoms with van der Waals surface area (Å²) in [6.07, 6.45) is 1.26. The molecule has 0 unspecified atom stereocenters. The van der Waals surface area contributed by atoms with Crippen LogP contribution in [0.4, 0.5) is 10.1 Å². The summed E-state index contributed by atoms with van der Waals surface area (Å²) in [6.45, 7) is 2.22. The fourth-order valence-corrected chi connectivity index (χ4v) is 5.44. The standard InChI is InChI=1S/C19H20FNO2S2/c1-2-23-17-12-15(20)8-9-16(17)21-18(22)13-4-6-14(7-5-13)19-24-10-3-11-25-19/h4-9,12,19H,2-3,10-11H2,1H3,(H,21,22). The topological polar surface area (TPSA) is 38.3 Å². The number of hydrogen-bond acceptors (Lipinski definition) is 4. The predicted octanol–water partition coefficient (Wildman–Crippen LogP) is 5.35. The van der Waals surface area contributed by atoms with Gasteiger partial charge < -0.3 is 10.1 Å². The average molecular weight is 378 g/mol. The zero-order chi connectivity index (χ0) is 17.6. The van der Waals surface area contributed by atoms with E-state index in [2.05, 4.69) is 5.32 Å².